The first-order valence-electron chi connectivity index (χ1n) is 18.4. The maximum Gasteiger partial charge on any atom is 0.485 e. The Balaban J connectivity index is 0.000000448. The summed E-state index contributed by atoms with van der Waals surface area (Å²) < 4.78 is 118. The van der Waals surface area contributed by atoms with Crippen LogP contribution >= 0.6 is 14.5 Å². The number of rotatable bonds is 8. The van der Waals surface area contributed by atoms with E-state index in [1.807, 2.05) is 0 Å². The van der Waals surface area contributed by atoms with Gasteiger partial charge in [0.05, 0.1) is 0 Å². The summed E-state index contributed by atoms with van der Waals surface area (Å²) in [4.78, 5) is 0. The zero-order valence-electron chi connectivity index (χ0n) is 33.3. The first-order chi connectivity index (χ1) is 28.9. The van der Waals surface area contributed by atoms with Crippen LogP contribution in [-0.4, -0.2) is 37.0 Å². The van der Waals surface area contributed by atoms with Gasteiger partial charge in [-0.05, 0) is 99.5 Å². The Labute approximate surface area is 359 Å². The molecule has 62 heavy (non-hydrogen) atoms. The van der Waals surface area contributed by atoms with Crippen molar-refractivity contribution in [1.82, 2.24) is 0 Å². The van der Waals surface area contributed by atoms with E-state index in [0.717, 1.165) is 0 Å². The minimum atomic E-state index is -6.09. The second-order valence-electron chi connectivity index (χ2n) is 14.2. The first-order valence-corrected chi connectivity index (χ1v) is 24.8. The van der Waals surface area contributed by atoms with E-state index in [0.29, 0.717) is 0 Å². The molecule has 0 aliphatic carbocycles. The van der Waals surface area contributed by atoms with Gasteiger partial charge in [-0.25, -0.2) is 16.8 Å². The van der Waals surface area contributed by atoms with E-state index in [-0.39, 0.29) is 5.41 Å². The van der Waals surface area contributed by atoms with Gasteiger partial charge in [0.2, 0.25) is 0 Å². The molecule has 16 heteroatoms. The average molecular weight is 929 g/mol. The summed E-state index contributed by atoms with van der Waals surface area (Å²) in [6, 6.07) is 66.6. The van der Waals surface area contributed by atoms with Crippen molar-refractivity contribution in [3.8, 4) is 11.8 Å². The molecule has 0 aliphatic heterocycles. The largest absolute Gasteiger partial charge is 0.741 e. The molecule has 6 rings (SSSR count). The number of benzene rings is 6. The third-order valence-corrected chi connectivity index (χ3v) is 18.2. The van der Waals surface area contributed by atoms with Crippen LogP contribution in [0.1, 0.15) is 20.8 Å². The summed E-state index contributed by atoms with van der Waals surface area (Å²) >= 11 is 0. The van der Waals surface area contributed by atoms with Gasteiger partial charge in [-0.3, -0.25) is 0 Å². The van der Waals surface area contributed by atoms with Crippen LogP contribution in [-0.2, 0) is 20.2 Å². The smallest absolute Gasteiger partial charge is 0.485 e. The standard InChI is InChI=1S/C44H40P2.2CHF3O3S/c1-44(2,3)35-34-43(46(40-28-16-7-17-29-40,41-30-18-8-19-31-41)42-32-20-9-21-33-42)36-45(37-22-10-4-11-23-37,38-24-12-5-13-25-38)39-26-14-6-15-27-39;2*2-1(3,4)8(5,6)7/h4-33,36H,1-3H3;2*(H,5,6,7)/q+2;;/p-2. The van der Waals surface area contributed by atoms with Crippen molar-refractivity contribution in [3.05, 3.63) is 193 Å². The molecule has 0 aromatic heterocycles. The molecule has 0 saturated carbocycles. The quantitative estimate of drug-likeness (QED) is 0.0495. The summed E-state index contributed by atoms with van der Waals surface area (Å²) in [7, 11) is -17.1. The second-order valence-corrected chi connectivity index (χ2v) is 23.6. The number of hydrogen-bond acceptors (Lipinski definition) is 6. The molecule has 6 aromatic carbocycles. The summed E-state index contributed by atoms with van der Waals surface area (Å²) in [5.41, 5.74) is -11.5. The lowest BCUT2D eigenvalue weighted by atomic mass is 9.98. The van der Waals surface area contributed by atoms with Crippen LogP contribution in [0.4, 0.5) is 26.3 Å². The molecule has 0 spiro atoms. The Kier molecular flexibility index (Phi) is 16.3. The van der Waals surface area contributed by atoms with E-state index in [4.69, 9.17) is 25.9 Å². The van der Waals surface area contributed by atoms with Crippen molar-refractivity contribution in [2.45, 2.75) is 31.8 Å². The van der Waals surface area contributed by atoms with Crippen LogP contribution in [0.25, 0.3) is 0 Å². The molecule has 0 saturated heterocycles. The molecule has 0 amide bonds. The number of alkyl halides is 6. The summed E-state index contributed by atoms with van der Waals surface area (Å²) in [6.45, 7) is 6.62. The predicted octanol–water partition coefficient (Wildman–Crippen LogP) is 8.97. The first kappa shape index (κ1) is 49.5. The highest BCUT2D eigenvalue weighted by Crippen LogP contribution is 2.68. The lowest BCUT2D eigenvalue weighted by Gasteiger charge is -2.30. The van der Waals surface area contributed by atoms with E-state index in [2.05, 4.69) is 220 Å². The van der Waals surface area contributed by atoms with E-state index >= 15 is 0 Å². The van der Waals surface area contributed by atoms with E-state index in [9.17, 15) is 26.3 Å². The normalized spacial score (nSPS) is 12.7. The fraction of sp³-hybridized carbons (Fsp3) is 0.130. The van der Waals surface area contributed by atoms with Gasteiger partial charge in [-0.1, -0.05) is 115 Å². The Morgan fingerprint density at radius 1 is 0.452 bits per heavy atom. The zero-order valence-corrected chi connectivity index (χ0v) is 36.7. The van der Waals surface area contributed by atoms with Crippen LogP contribution in [0, 0.1) is 17.3 Å². The molecule has 0 atom stereocenters. The van der Waals surface area contributed by atoms with Crippen molar-refractivity contribution in [1.29, 1.82) is 0 Å². The molecule has 6 aromatic rings. The molecule has 0 aliphatic rings. The van der Waals surface area contributed by atoms with Gasteiger partial charge in [0.1, 0.15) is 44.9 Å². The van der Waals surface area contributed by atoms with Crippen LogP contribution < -0.4 is 31.8 Å². The van der Waals surface area contributed by atoms with Gasteiger partial charge in [0, 0.05) is 5.41 Å². The van der Waals surface area contributed by atoms with E-state index < -0.39 is 45.8 Å². The molecule has 0 radical (unpaired) electrons. The molecule has 0 bridgehead atoms. The third-order valence-electron chi connectivity index (χ3n) is 8.73. The Hall–Kier alpha value is -5.12. The minimum Gasteiger partial charge on any atom is -0.741 e. The third kappa shape index (κ3) is 12.3. The van der Waals surface area contributed by atoms with Crippen molar-refractivity contribution in [3.63, 3.8) is 0 Å². The Morgan fingerprint density at radius 2 is 0.661 bits per heavy atom. The maximum atomic E-state index is 10.7. The van der Waals surface area contributed by atoms with Crippen molar-refractivity contribution >= 4 is 66.6 Å². The summed E-state index contributed by atoms with van der Waals surface area (Å²) in [5.74, 6) is 10.3. The van der Waals surface area contributed by atoms with Crippen molar-refractivity contribution in [2.24, 2.45) is 5.41 Å². The lowest BCUT2D eigenvalue weighted by Crippen LogP contribution is -2.34. The van der Waals surface area contributed by atoms with E-state index in [1.54, 1.807) is 0 Å². The lowest BCUT2D eigenvalue weighted by molar-refractivity contribution is -0.0522. The van der Waals surface area contributed by atoms with Crippen LogP contribution in [0.5, 0.6) is 0 Å². The molecular formula is C46H40F6O6P2S2. The van der Waals surface area contributed by atoms with E-state index in [1.165, 1.54) is 37.1 Å². The topological polar surface area (TPSA) is 114 Å². The SMILES string of the molecule is CC(C)(C)C#CC(=C[P+](c1ccccc1)(c1ccccc1)c1ccccc1)[P+](c1ccccc1)(c1ccccc1)c1ccccc1.O=S(=O)([O-])C(F)(F)F.O=S(=O)([O-])C(F)(F)F. The maximum absolute atomic E-state index is 10.7. The minimum absolute atomic E-state index is 0.188. The van der Waals surface area contributed by atoms with Gasteiger partial charge in [-0.2, -0.15) is 26.3 Å². The van der Waals surface area contributed by atoms with Gasteiger partial charge in [-0.15, -0.1) is 0 Å². The van der Waals surface area contributed by atoms with Crippen molar-refractivity contribution in [2.75, 3.05) is 0 Å². The highest BCUT2D eigenvalue weighted by molar-refractivity contribution is 8.02. The van der Waals surface area contributed by atoms with Gasteiger partial charge in [0.25, 0.3) is 0 Å². The van der Waals surface area contributed by atoms with Crippen molar-refractivity contribution < 1.29 is 52.3 Å². The molecule has 324 valence electrons. The summed E-state index contributed by atoms with van der Waals surface area (Å²) in [5, 5.41) is 9.03. The van der Waals surface area contributed by atoms with Gasteiger partial charge >= 0.3 is 11.0 Å². The predicted molar refractivity (Wildman–Crippen MR) is 237 cm³/mol. The number of hydrogen-bond donors (Lipinski definition) is 0. The van der Waals surface area contributed by atoms with Gasteiger partial charge in [0.15, 0.2) is 32.8 Å². The fourth-order valence-corrected chi connectivity index (χ4v) is 14.8. The number of halogens is 6. The molecule has 0 fully saturated rings. The molecule has 6 nitrogen and oxygen atoms in total. The van der Waals surface area contributed by atoms with Crippen LogP contribution in [0.15, 0.2) is 193 Å². The fourth-order valence-electron chi connectivity index (χ4n) is 6.12. The van der Waals surface area contributed by atoms with Crippen LogP contribution in [0.2, 0.25) is 0 Å². The second kappa shape index (κ2) is 20.4. The molecule has 0 unspecified atom stereocenters. The van der Waals surface area contributed by atoms with Crippen LogP contribution in [0.3, 0.4) is 0 Å². The monoisotopic (exact) mass is 928 g/mol. The molecule has 0 heterocycles. The summed E-state index contributed by atoms with van der Waals surface area (Å²) in [6.07, 6.45) is 0. The Bertz CT molecular complexity index is 2440. The molecular weight excluding hydrogens is 889 g/mol. The van der Waals surface area contributed by atoms with Gasteiger partial charge < -0.3 is 9.11 Å². The molecule has 0 N–H and O–H groups in total. The average Bonchev–Trinajstić information content (AvgIpc) is 3.23. The zero-order chi connectivity index (χ0) is 45.9. The number of allylic oxidation sites excluding steroid dienone is 1. The highest BCUT2D eigenvalue weighted by Gasteiger charge is 2.54. The highest BCUT2D eigenvalue weighted by atomic mass is 32.2. The Morgan fingerprint density at radius 3 is 0.855 bits per heavy atom.